The zero-order valence-corrected chi connectivity index (χ0v) is 12.6. The quantitative estimate of drug-likeness (QED) is 0.482. The number of likely N-dealkylation sites (tertiary alicyclic amines) is 1. The van der Waals surface area contributed by atoms with Crippen molar-refractivity contribution in [3.63, 3.8) is 0 Å². The SMILES string of the molecule is CCN(CC)c1nc(NN)nc(NC2CCN(C)C2=O)n1. The molecule has 0 bridgehead atoms. The number of hydrogen-bond acceptors (Lipinski definition) is 8. The number of aromatic nitrogens is 3. The van der Waals surface area contributed by atoms with Crippen LogP contribution in [0.1, 0.15) is 20.3 Å². The molecule has 1 saturated heterocycles. The van der Waals surface area contributed by atoms with E-state index in [4.69, 9.17) is 5.84 Å². The minimum absolute atomic E-state index is 0.0436. The first-order chi connectivity index (χ1) is 10.1. The summed E-state index contributed by atoms with van der Waals surface area (Å²) >= 11 is 0. The largest absolute Gasteiger partial charge is 0.344 e. The average Bonchev–Trinajstić information content (AvgIpc) is 2.80. The molecule has 1 fully saturated rings. The summed E-state index contributed by atoms with van der Waals surface area (Å²) in [6.07, 6.45) is 0.729. The highest BCUT2D eigenvalue weighted by atomic mass is 16.2. The number of anilines is 3. The molecule has 1 amide bonds. The van der Waals surface area contributed by atoms with Crippen molar-refractivity contribution in [3.05, 3.63) is 0 Å². The molecular formula is C12H22N8O. The van der Waals surface area contributed by atoms with E-state index < -0.39 is 0 Å². The van der Waals surface area contributed by atoms with Crippen LogP contribution in [0.5, 0.6) is 0 Å². The molecule has 4 N–H and O–H groups in total. The van der Waals surface area contributed by atoms with Crippen molar-refractivity contribution in [2.45, 2.75) is 26.3 Å². The van der Waals surface area contributed by atoms with E-state index in [0.717, 1.165) is 26.1 Å². The number of carbonyl (C=O) groups is 1. The molecule has 21 heavy (non-hydrogen) atoms. The van der Waals surface area contributed by atoms with Gasteiger partial charge in [-0.25, -0.2) is 5.84 Å². The van der Waals surface area contributed by atoms with Crippen molar-refractivity contribution < 1.29 is 4.79 Å². The fraction of sp³-hybridized carbons (Fsp3) is 0.667. The third kappa shape index (κ3) is 3.30. The van der Waals surface area contributed by atoms with Gasteiger partial charge in [0.05, 0.1) is 0 Å². The Hall–Kier alpha value is -2.16. The molecule has 0 saturated carbocycles. The highest BCUT2D eigenvalue weighted by molar-refractivity contribution is 5.86. The van der Waals surface area contributed by atoms with Crippen LogP contribution in [-0.4, -0.2) is 58.5 Å². The molecular weight excluding hydrogens is 272 g/mol. The minimum Gasteiger partial charge on any atom is -0.344 e. The van der Waals surface area contributed by atoms with E-state index in [2.05, 4.69) is 25.7 Å². The average molecular weight is 294 g/mol. The number of nitrogens with one attached hydrogen (secondary N) is 2. The van der Waals surface area contributed by atoms with Crippen molar-refractivity contribution in [1.82, 2.24) is 19.9 Å². The molecule has 2 heterocycles. The van der Waals surface area contributed by atoms with Crippen LogP contribution in [0.25, 0.3) is 0 Å². The molecule has 0 radical (unpaired) electrons. The summed E-state index contributed by atoms with van der Waals surface area (Å²) in [5.74, 6) is 6.61. The summed E-state index contributed by atoms with van der Waals surface area (Å²) in [4.78, 5) is 28.4. The van der Waals surface area contributed by atoms with Crippen LogP contribution in [-0.2, 0) is 4.79 Å². The van der Waals surface area contributed by atoms with Gasteiger partial charge in [0.25, 0.3) is 0 Å². The van der Waals surface area contributed by atoms with Gasteiger partial charge in [-0.05, 0) is 20.3 Å². The number of rotatable bonds is 6. The van der Waals surface area contributed by atoms with Crippen LogP contribution in [0.4, 0.5) is 17.8 Å². The third-order valence-electron chi connectivity index (χ3n) is 3.53. The van der Waals surface area contributed by atoms with Crippen molar-refractivity contribution >= 4 is 23.8 Å². The Morgan fingerprint density at radius 3 is 2.48 bits per heavy atom. The number of hydrazine groups is 1. The third-order valence-corrected chi connectivity index (χ3v) is 3.53. The van der Waals surface area contributed by atoms with Gasteiger partial charge in [0.2, 0.25) is 23.8 Å². The maximum atomic E-state index is 11.9. The predicted octanol–water partition coefficient (Wildman–Crippen LogP) is -0.354. The van der Waals surface area contributed by atoms with Crippen molar-refractivity contribution in [2.75, 3.05) is 42.3 Å². The first-order valence-electron chi connectivity index (χ1n) is 7.08. The van der Waals surface area contributed by atoms with E-state index in [0.29, 0.717) is 11.9 Å². The number of nitrogens with two attached hydrogens (primary N) is 1. The molecule has 1 aliphatic rings. The number of amides is 1. The second-order valence-corrected chi connectivity index (χ2v) is 4.84. The monoisotopic (exact) mass is 294 g/mol. The van der Waals surface area contributed by atoms with Gasteiger partial charge in [-0.1, -0.05) is 0 Å². The second kappa shape index (κ2) is 6.53. The van der Waals surface area contributed by atoms with Gasteiger partial charge < -0.3 is 15.1 Å². The number of nitrogen functional groups attached to an aromatic ring is 1. The van der Waals surface area contributed by atoms with Gasteiger partial charge in [-0.3, -0.25) is 10.2 Å². The summed E-state index contributed by atoms with van der Waals surface area (Å²) < 4.78 is 0. The number of nitrogens with zero attached hydrogens (tertiary/aromatic N) is 5. The summed E-state index contributed by atoms with van der Waals surface area (Å²) in [6.45, 7) is 6.31. The highest BCUT2D eigenvalue weighted by Gasteiger charge is 2.29. The topological polar surface area (TPSA) is 112 Å². The number of likely N-dealkylation sites (N-methyl/N-ethyl adjacent to an activating group) is 1. The van der Waals surface area contributed by atoms with Gasteiger partial charge in [-0.15, -0.1) is 0 Å². The first-order valence-corrected chi connectivity index (χ1v) is 7.08. The summed E-state index contributed by atoms with van der Waals surface area (Å²) in [5, 5.41) is 3.06. The predicted molar refractivity (Wildman–Crippen MR) is 80.9 cm³/mol. The zero-order valence-electron chi connectivity index (χ0n) is 12.6. The van der Waals surface area contributed by atoms with Gasteiger partial charge in [-0.2, -0.15) is 15.0 Å². The van der Waals surface area contributed by atoms with Crippen molar-refractivity contribution in [2.24, 2.45) is 5.84 Å². The standard InChI is InChI=1S/C12H22N8O/c1-4-20(5-2)12-16-10(15-11(17-12)18-13)14-8-6-7-19(3)9(8)21/h8H,4-7,13H2,1-3H3,(H2,14,15,16,17,18). The lowest BCUT2D eigenvalue weighted by molar-refractivity contribution is -0.127. The first kappa shape index (κ1) is 15.2. The van der Waals surface area contributed by atoms with Crippen LogP contribution in [0, 0.1) is 0 Å². The van der Waals surface area contributed by atoms with Gasteiger partial charge >= 0.3 is 0 Å². The molecule has 116 valence electrons. The lowest BCUT2D eigenvalue weighted by atomic mass is 10.2. The van der Waals surface area contributed by atoms with Crippen LogP contribution < -0.4 is 21.5 Å². The van der Waals surface area contributed by atoms with E-state index in [1.54, 1.807) is 11.9 Å². The Kier molecular flexibility index (Phi) is 4.73. The molecule has 1 aromatic rings. The molecule has 2 rings (SSSR count). The Labute approximate surface area is 123 Å². The lowest BCUT2D eigenvalue weighted by Crippen LogP contribution is -2.32. The molecule has 0 aromatic carbocycles. The van der Waals surface area contributed by atoms with Crippen LogP contribution in [0.15, 0.2) is 0 Å². The second-order valence-electron chi connectivity index (χ2n) is 4.84. The molecule has 9 heteroatoms. The number of carbonyl (C=O) groups excluding carboxylic acids is 1. The van der Waals surface area contributed by atoms with E-state index in [1.165, 1.54) is 0 Å². The molecule has 0 spiro atoms. The zero-order chi connectivity index (χ0) is 15.4. The summed E-state index contributed by atoms with van der Waals surface area (Å²) in [7, 11) is 1.78. The van der Waals surface area contributed by atoms with Crippen molar-refractivity contribution in [1.29, 1.82) is 0 Å². The van der Waals surface area contributed by atoms with Crippen LogP contribution in [0.2, 0.25) is 0 Å². The molecule has 0 aliphatic carbocycles. The highest BCUT2D eigenvalue weighted by Crippen LogP contribution is 2.17. The Morgan fingerprint density at radius 1 is 1.29 bits per heavy atom. The minimum atomic E-state index is -0.299. The summed E-state index contributed by atoms with van der Waals surface area (Å²) in [5.41, 5.74) is 2.43. The number of hydrogen-bond donors (Lipinski definition) is 3. The van der Waals surface area contributed by atoms with E-state index in [-0.39, 0.29) is 17.9 Å². The maximum Gasteiger partial charge on any atom is 0.244 e. The van der Waals surface area contributed by atoms with Gasteiger partial charge in [0.15, 0.2) is 0 Å². The van der Waals surface area contributed by atoms with Gasteiger partial charge in [0.1, 0.15) is 6.04 Å². The molecule has 1 atom stereocenters. The van der Waals surface area contributed by atoms with E-state index in [9.17, 15) is 4.79 Å². The van der Waals surface area contributed by atoms with Gasteiger partial charge in [0, 0.05) is 26.7 Å². The molecule has 1 aliphatic heterocycles. The lowest BCUT2D eigenvalue weighted by Gasteiger charge is -2.20. The molecule has 9 nitrogen and oxygen atoms in total. The molecule has 1 unspecified atom stereocenters. The van der Waals surface area contributed by atoms with E-state index >= 15 is 0 Å². The smallest absolute Gasteiger partial charge is 0.244 e. The summed E-state index contributed by atoms with van der Waals surface area (Å²) in [6, 6.07) is -0.299. The molecule has 1 aromatic heterocycles. The van der Waals surface area contributed by atoms with Crippen LogP contribution in [0.3, 0.4) is 0 Å². The van der Waals surface area contributed by atoms with E-state index in [1.807, 2.05) is 18.7 Å². The fourth-order valence-electron chi connectivity index (χ4n) is 2.25. The Morgan fingerprint density at radius 2 is 1.95 bits per heavy atom. The van der Waals surface area contributed by atoms with Crippen LogP contribution >= 0.6 is 0 Å². The maximum absolute atomic E-state index is 11.9. The van der Waals surface area contributed by atoms with Crippen molar-refractivity contribution in [3.8, 4) is 0 Å². The fourth-order valence-corrected chi connectivity index (χ4v) is 2.25. The normalized spacial score (nSPS) is 18.0. The Bertz CT molecular complexity index is 504. The Balaban J connectivity index is 2.22.